The van der Waals surface area contributed by atoms with Gasteiger partial charge >= 0.3 is 0 Å². The van der Waals surface area contributed by atoms with Crippen LogP contribution in [0.5, 0.6) is 0 Å². The molecule has 0 spiro atoms. The number of amides is 1. The third-order valence-corrected chi connectivity index (χ3v) is 6.28. The number of halogens is 1. The summed E-state index contributed by atoms with van der Waals surface area (Å²) >= 11 is 0. The lowest BCUT2D eigenvalue weighted by Crippen LogP contribution is -2.33. The molecule has 0 aromatic heterocycles. The number of carbonyl (C=O) groups is 1. The summed E-state index contributed by atoms with van der Waals surface area (Å²) in [4.78, 5) is 12.0. The van der Waals surface area contributed by atoms with Gasteiger partial charge in [0, 0.05) is 25.4 Å². The molecule has 2 N–H and O–H groups in total. The second-order valence-electron chi connectivity index (χ2n) is 6.69. The number of rotatable bonds is 7. The first kappa shape index (κ1) is 19.5. The van der Waals surface area contributed by atoms with Crippen molar-refractivity contribution < 1.29 is 17.6 Å². The van der Waals surface area contributed by atoms with Gasteiger partial charge in [-0.15, -0.1) is 0 Å². The molecule has 2 aromatic rings. The summed E-state index contributed by atoms with van der Waals surface area (Å²) in [6.07, 6.45) is 3.27. The molecule has 0 heterocycles. The third-order valence-electron chi connectivity index (χ3n) is 4.81. The molecule has 0 saturated carbocycles. The number of carbonyl (C=O) groups excluding carboxylic acids is 1. The number of fused-ring (bicyclic) bond motifs is 1. The van der Waals surface area contributed by atoms with Crippen LogP contribution in [0.2, 0.25) is 0 Å². The highest BCUT2D eigenvalue weighted by atomic mass is 32.2. The maximum atomic E-state index is 12.9. The van der Waals surface area contributed by atoms with Crippen molar-refractivity contribution in [3.8, 4) is 0 Å². The topological polar surface area (TPSA) is 75.3 Å². The van der Waals surface area contributed by atoms with Crippen LogP contribution in [-0.4, -0.2) is 27.4 Å². The molecule has 144 valence electrons. The van der Waals surface area contributed by atoms with Crippen molar-refractivity contribution in [3.05, 3.63) is 65.5 Å². The van der Waals surface area contributed by atoms with Gasteiger partial charge in [-0.1, -0.05) is 24.3 Å². The molecule has 0 bridgehead atoms. The molecule has 27 heavy (non-hydrogen) atoms. The molecule has 0 aliphatic heterocycles. The molecule has 7 heteroatoms. The molecule has 1 amide bonds. The van der Waals surface area contributed by atoms with E-state index in [0.717, 1.165) is 31.4 Å². The highest BCUT2D eigenvalue weighted by Gasteiger charge is 2.20. The van der Waals surface area contributed by atoms with E-state index < -0.39 is 15.8 Å². The quantitative estimate of drug-likeness (QED) is 0.763. The van der Waals surface area contributed by atoms with E-state index in [1.807, 2.05) is 12.1 Å². The van der Waals surface area contributed by atoms with E-state index in [2.05, 4.69) is 22.2 Å². The standard InChI is InChI=1S/C20H23FN2O3S/c21-17-8-10-18(11-9-17)27(25,26)23-13-12-20(24)22-14-16-6-3-5-15-4-1-2-7-19(15)16/h1-2,4,7-11,16,23H,3,5-6,12-14H2,(H,22,24). The van der Waals surface area contributed by atoms with Crippen LogP contribution in [0.4, 0.5) is 4.39 Å². The summed E-state index contributed by atoms with van der Waals surface area (Å²) in [5.74, 6) is -0.396. The fourth-order valence-corrected chi connectivity index (χ4v) is 4.42. The van der Waals surface area contributed by atoms with E-state index in [-0.39, 0.29) is 23.8 Å². The summed E-state index contributed by atoms with van der Waals surface area (Å²) in [7, 11) is -3.74. The van der Waals surface area contributed by atoms with Gasteiger partial charge in [-0.25, -0.2) is 17.5 Å². The summed E-state index contributed by atoms with van der Waals surface area (Å²) in [6.45, 7) is 0.549. The molecule has 1 unspecified atom stereocenters. The average molecular weight is 390 g/mol. The Labute approximate surface area is 159 Å². The Kier molecular flexibility index (Phi) is 6.23. The summed E-state index contributed by atoms with van der Waals surface area (Å²) in [5, 5.41) is 2.90. The first-order chi connectivity index (χ1) is 13.0. The molecule has 1 atom stereocenters. The van der Waals surface area contributed by atoms with Gasteiger partial charge in [0.1, 0.15) is 5.82 Å². The van der Waals surface area contributed by atoms with Gasteiger partial charge in [0.05, 0.1) is 4.90 Å². The number of aryl methyl sites for hydroxylation is 1. The lowest BCUT2D eigenvalue weighted by atomic mass is 9.83. The van der Waals surface area contributed by atoms with E-state index in [1.54, 1.807) is 0 Å². The molecule has 2 aromatic carbocycles. The second-order valence-corrected chi connectivity index (χ2v) is 8.46. The van der Waals surface area contributed by atoms with Crippen molar-refractivity contribution in [1.29, 1.82) is 0 Å². The summed E-state index contributed by atoms with van der Waals surface area (Å²) < 4.78 is 39.5. The van der Waals surface area contributed by atoms with E-state index in [4.69, 9.17) is 0 Å². The van der Waals surface area contributed by atoms with Crippen molar-refractivity contribution in [2.24, 2.45) is 0 Å². The molecule has 1 aliphatic carbocycles. The van der Waals surface area contributed by atoms with E-state index in [1.165, 1.54) is 23.3 Å². The van der Waals surface area contributed by atoms with Crippen LogP contribution in [0.15, 0.2) is 53.4 Å². The molecule has 1 aliphatic rings. The molecule has 3 rings (SSSR count). The van der Waals surface area contributed by atoms with Crippen molar-refractivity contribution in [2.45, 2.75) is 36.5 Å². The maximum absolute atomic E-state index is 12.9. The Hall–Kier alpha value is -2.25. The van der Waals surface area contributed by atoms with E-state index in [9.17, 15) is 17.6 Å². The monoisotopic (exact) mass is 390 g/mol. The van der Waals surface area contributed by atoms with Gasteiger partial charge < -0.3 is 5.32 Å². The summed E-state index contributed by atoms with van der Waals surface area (Å²) in [6, 6.07) is 12.9. The minimum absolute atomic E-state index is 0.00715. The lowest BCUT2D eigenvalue weighted by Gasteiger charge is -2.25. The predicted molar refractivity (Wildman–Crippen MR) is 101 cm³/mol. The first-order valence-electron chi connectivity index (χ1n) is 9.05. The Morgan fingerprint density at radius 3 is 2.63 bits per heavy atom. The number of hydrogen-bond donors (Lipinski definition) is 2. The van der Waals surface area contributed by atoms with Gasteiger partial charge in [-0.3, -0.25) is 4.79 Å². The van der Waals surface area contributed by atoms with Crippen LogP contribution < -0.4 is 10.0 Å². The first-order valence-corrected chi connectivity index (χ1v) is 10.5. The highest BCUT2D eigenvalue weighted by Crippen LogP contribution is 2.30. The Morgan fingerprint density at radius 1 is 1.11 bits per heavy atom. The fourth-order valence-electron chi connectivity index (χ4n) is 3.39. The highest BCUT2D eigenvalue weighted by molar-refractivity contribution is 7.89. The Bertz CT molecular complexity index is 898. The van der Waals surface area contributed by atoms with Crippen LogP contribution in [0, 0.1) is 5.82 Å². The molecule has 0 saturated heterocycles. The minimum Gasteiger partial charge on any atom is -0.355 e. The van der Waals surface area contributed by atoms with Crippen LogP contribution in [0.3, 0.4) is 0 Å². The maximum Gasteiger partial charge on any atom is 0.240 e. The van der Waals surface area contributed by atoms with Crippen LogP contribution >= 0.6 is 0 Å². The van der Waals surface area contributed by atoms with Gasteiger partial charge in [-0.05, 0) is 54.7 Å². The smallest absolute Gasteiger partial charge is 0.240 e. The number of hydrogen-bond acceptors (Lipinski definition) is 3. The SMILES string of the molecule is O=C(CCNS(=O)(=O)c1ccc(F)cc1)NCC1CCCc2ccccc21. The van der Waals surface area contributed by atoms with Gasteiger partial charge in [0.15, 0.2) is 0 Å². The average Bonchev–Trinajstić information content (AvgIpc) is 2.66. The molecule has 5 nitrogen and oxygen atoms in total. The van der Waals surface area contributed by atoms with Crippen molar-refractivity contribution >= 4 is 15.9 Å². The molecule has 0 radical (unpaired) electrons. The van der Waals surface area contributed by atoms with Crippen molar-refractivity contribution in [2.75, 3.05) is 13.1 Å². The zero-order valence-electron chi connectivity index (χ0n) is 14.9. The molecule has 0 fully saturated rings. The van der Waals surface area contributed by atoms with Crippen LogP contribution in [0.1, 0.15) is 36.3 Å². The van der Waals surface area contributed by atoms with Gasteiger partial charge in [-0.2, -0.15) is 0 Å². The Balaban J connectivity index is 1.46. The number of nitrogens with one attached hydrogen (secondary N) is 2. The zero-order valence-corrected chi connectivity index (χ0v) is 15.8. The van der Waals surface area contributed by atoms with Crippen LogP contribution in [0.25, 0.3) is 0 Å². The van der Waals surface area contributed by atoms with Gasteiger partial charge in [0.2, 0.25) is 15.9 Å². The number of sulfonamides is 1. The molecular weight excluding hydrogens is 367 g/mol. The van der Waals surface area contributed by atoms with E-state index in [0.29, 0.717) is 12.5 Å². The lowest BCUT2D eigenvalue weighted by molar-refractivity contribution is -0.121. The second kappa shape index (κ2) is 8.63. The summed E-state index contributed by atoms with van der Waals surface area (Å²) in [5.41, 5.74) is 2.64. The zero-order chi connectivity index (χ0) is 19.3. The van der Waals surface area contributed by atoms with Crippen LogP contribution in [-0.2, 0) is 21.2 Å². The fraction of sp³-hybridized carbons (Fsp3) is 0.350. The molecular formula is C20H23FN2O3S. The normalized spacial score (nSPS) is 16.6. The largest absolute Gasteiger partial charge is 0.355 e. The minimum atomic E-state index is -3.74. The Morgan fingerprint density at radius 2 is 1.85 bits per heavy atom. The predicted octanol–water partition coefficient (Wildman–Crippen LogP) is 2.73. The number of benzene rings is 2. The third kappa shape index (κ3) is 5.14. The van der Waals surface area contributed by atoms with Gasteiger partial charge in [0.25, 0.3) is 0 Å². The van der Waals surface area contributed by atoms with E-state index >= 15 is 0 Å². The van der Waals surface area contributed by atoms with Crippen molar-refractivity contribution in [3.63, 3.8) is 0 Å². The van der Waals surface area contributed by atoms with Crippen molar-refractivity contribution in [1.82, 2.24) is 10.0 Å².